The highest BCUT2D eigenvalue weighted by molar-refractivity contribution is 5.52. The molecule has 3 aliphatic rings. The number of fused-ring (bicyclic) bond motifs is 5. The standard InChI is InChI=1S/C13H14N4O2/c18-17(19)11-5-3-10(4-6-11)16-13-9-2-1-8(7-9)12(13)14-15-16/h3-6,8-9,12-13H,1-2,7H2/t8-,9-,12-,13+/m0/s1. The van der Waals surface area contributed by atoms with Crippen LogP contribution in [0.25, 0.3) is 0 Å². The van der Waals surface area contributed by atoms with Crippen molar-refractivity contribution < 1.29 is 4.92 Å². The van der Waals surface area contributed by atoms with Crippen molar-refractivity contribution >= 4 is 11.4 Å². The minimum Gasteiger partial charge on any atom is -0.258 e. The van der Waals surface area contributed by atoms with Gasteiger partial charge < -0.3 is 0 Å². The Labute approximate surface area is 110 Å². The first-order valence-corrected chi connectivity index (χ1v) is 6.68. The number of anilines is 1. The highest BCUT2D eigenvalue weighted by Crippen LogP contribution is 2.51. The van der Waals surface area contributed by atoms with Crippen molar-refractivity contribution in [3.8, 4) is 0 Å². The van der Waals surface area contributed by atoms with Crippen LogP contribution in [0, 0.1) is 22.0 Å². The lowest BCUT2D eigenvalue weighted by atomic mass is 9.91. The van der Waals surface area contributed by atoms with E-state index < -0.39 is 0 Å². The smallest absolute Gasteiger partial charge is 0.258 e. The topological polar surface area (TPSA) is 71.1 Å². The zero-order valence-electron chi connectivity index (χ0n) is 10.3. The summed E-state index contributed by atoms with van der Waals surface area (Å²) >= 11 is 0. The molecular formula is C13H14N4O2. The van der Waals surface area contributed by atoms with E-state index >= 15 is 0 Å². The summed E-state index contributed by atoms with van der Waals surface area (Å²) in [6.07, 6.45) is 3.80. The minimum atomic E-state index is -0.379. The molecule has 2 bridgehead atoms. The third kappa shape index (κ3) is 1.49. The van der Waals surface area contributed by atoms with Gasteiger partial charge in [-0.15, -0.1) is 0 Å². The van der Waals surface area contributed by atoms with Crippen LogP contribution in [0.15, 0.2) is 34.6 Å². The van der Waals surface area contributed by atoms with Crippen LogP contribution in [0.4, 0.5) is 11.4 Å². The van der Waals surface area contributed by atoms with E-state index in [0.717, 1.165) is 5.69 Å². The molecule has 1 aromatic carbocycles. The maximum Gasteiger partial charge on any atom is 0.269 e. The minimum absolute atomic E-state index is 0.115. The second-order valence-electron chi connectivity index (χ2n) is 5.64. The highest BCUT2D eigenvalue weighted by Gasteiger charge is 2.53. The summed E-state index contributed by atoms with van der Waals surface area (Å²) in [5.41, 5.74) is 1.03. The number of non-ortho nitro benzene ring substituents is 1. The van der Waals surface area contributed by atoms with Gasteiger partial charge in [-0.3, -0.25) is 10.1 Å². The fraction of sp³-hybridized carbons (Fsp3) is 0.538. The molecular weight excluding hydrogens is 244 g/mol. The van der Waals surface area contributed by atoms with Crippen LogP contribution in [0.5, 0.6) is 0 Å². The molecule has 6 heteroatoms. The Morgan fingerprint density at radius 2 is 1.95 bits per heavy atom. The van der Waals surface area contributed by atoms with Gasteiger partial charge in [-0.05, 0) is 43.2 Å². The third-order valence-corrected chi connectivity index (χ3v) is 4.72. The normalized spacial score (nSPS) is 34.8. The maximum absolute atomic E-state index is 10.7. The zero-order chi connectivity index (χ0) is 13.0. The van der Waals surface area contributed by atoms with Crippen molar-refractivity contribution in [1.29, 1.82) is 0 Å². The van der Waals surface area contributed by atoms with E-state index in [0.29, 0.717) is 23.9 Å². The van der Waals surface area contributed by atoms with E-state index in [1.807, 2.05) is 5.01 Å². The monoisotopic (exact) mass is 258 g/mol. The average molecular weight is 258 g/mol. The van der Waals surface area contributed by atoms with Crippen molar-refractivity contribution in [3.05, 3.63) is 34.4 Å². The second kappa shape index (κ2) is 3.76. The summed E-state index contributed by atoms with van der Waals surface area (Å²) in [5, 5.41) is 21.3. The molecule has 0 aromatic heterocycles. The Morgan fingerprint density at radius 1 is 1.21 bits per heavy atom. The third-order valence-electron chi connectivity index (χ3n) is 4.72. The van der Waals surface area contributed by atoms with Gasteiger partial charge in [0.2, 0.25) is 0 Å². The van der Waals surface area contributed by atoms with Gasteiger partial charge in [-0.1, -0.05) is 5.22 Å². The molecule has 1 heterocycles. The first-order valence-electron chi connectivity index (χ1n) is 6.68. The van der Waals surface area contributed by atoms with Gasteiger partial charge in [0, 0.05) is 12.1 Å². The molecule has 0 saturated heterocycles. The van der Waals surface area contributed by atoms with E-state index in [1.165, 1.54) is 31.4 Å². The maximum atomic E-state index is 10.7. The van der Waals surface area contributed by atoms with Gasteiger partial charge >= 0.3 is 0 Å². The Bertz CT molecular complexity index is 556. The average Bonchev–Trinajstić information content (AvgIpc) is 3.11. The molecule has 0 spiro atoms. The molecule has 0 unspecified atom stereocenters. The van der Waals surface area contributed by atoms with Crippen molar-refractivity contribution in [3.63, 3.8) is 0 Å². The quantitative estimate of drug-likeness (QED) is 0.604. The van der Waals surface area contributed by atoms with Crippen LogP contribution in [0.3, 0.4) is 0 Å². The van der Waals surface area contributed by atoms with Crippen LogP contribution in [0.1, 0.15) is 19.3 Å². The molecule has 0 amide bonds. The van der Waals surface area contributed by atoms with Gasteiger partial charge in [-0.2, -0.15) is 5.11 Å². The molecule has 4 rings (SSSR count). The van der Waals surface area contributed by atoms with Crippen LogP contribution in [-0.2, 0) is 0 Å². The Hall–Kier alpha value is -1.98. The molecule has 1 aliphatic heterocycles. The van der Waals surface area contributed by atoms with Crippen molar-refractivity contribution in [2.45, 2.75) is 31.3 Å². The van der Waals surface area contributed by atoms with E-state index in [4.69, 9.17) is 0 Å². The summed E-state index contributed by atoms with van der Waals surface area (Å²) in [7, 11) is 0. The van der Waals surface area contributed by atoms with Crippen LogP contribution >= 0.6 is 0 Å². The number of nitro benzene ring substituents is 1. The fourth-order valence-electron chi connectivity index (χ4n) is 3.86. The number of nitrogens with zero attached hydrogens (tertiary/aromatic N) is 4. The van der Waals surface area contributed by atoms with Gasteiger partial charge in [0.1, 0.15) is 0 Å². The number of nitro groups is 1. The Balaban J connectivity index is 1.63. The number of hydrogen-bond acceptors (Lipinski definition) is 5. The summed E-state index contributed by atoms with van der Waals surface area (Å²) < 4.78 is 0. The molecule has 4 atom stereocenters. The van der Waals surface area contributed by atoms with Gasteiger partial charge in [0.15, 0.2) is 0 Å². The summed E-state index contributed by atoms with van der Waals surface area (Å²) in [5.74, 6) is 1.38. The van der Waals surface area contributed by atoms with Crippen LogP contribution in [0.2, 0.25) is 0 Å². The second-order valence-corrected chi connectivity index (χ2v) is 5.64. The van der Waals surface area contributed by atoms with E-state index in [1.54, 1.807) is 12.1 Å². The molecule has 6 nitrogen and oxygen atoms in total. The number of benzene rings is 1. The molecule has 0 radical (unpaired) electrons. The van der Waals surface area contributed by atoms with Crippen molar-refractivity contribution in [2.75, 3.05) is 5.01 Å². The van der Waals surface area contributed by atoms with E-state index in [2.05, 4.69) is 10.3 Å². The summed E-state index contributed by atoms with van der Waals surface area (Å²) in [6.45, 7) is 0. The van der Waals surface area contributed by atoms with Crippen LogP contribution in [-0.4, -0.2) is 17.0 Å². The molecule has 19 heavy (non-hydrogen) atoms. The van der Waals surface area contributed by atoms with Gasteiger partial charge in [-0.25, -0.2) is 5.01 Å². The van der Waals surface area contributed by atoms with E-state index in [-0.39, 0.29) is 10.6 Å². The predicted octanol–water partition coefficient (Wildman–Crippen LogP) is 2.95. The van der Waals surface area contributed by atoms with Crippen molar-refractivity contribution in [2.24, 2.45) is 22.2 Å². The molecule has 2 fully saturated rings. The SMILES string of the molecule is O=[N+]([O-])c1ccc(N2N=N[C@H]3[C@H]4CC[C@@H](C4)[C@H]32)cc1. The first kappa shape index (κ1) is 10.9. The Kier molecular flexibility index (Phi) is 2.15. The number of rotatable bonds is 2. The summed E-state index contributed by atoms with van der Waals surface area (Å²) in [6, 6.07) is 7.32. The lowest BCUT2D eigenvalue weighted by molar-refractivity contribution is -0.384. The largest absolute Gasteiger partial charge is 0.269 e. The van der Waals surface area contributed by atoms with Crippen LogP contribution < -0.4 is 5.01 Å². The van der Waals surface area contributed by atoms with Gasteiger partial charge in [0.25, 0.3) is 5.69 Å². The zero-order valence-corrected chi connectivity index (χ0v) is 10.3. The summed E-state index contributed by atoms with van der Waals surface area (Å²) in [4.78, 5) is 10.3. The predicted molar refractivity (Wildman–Crippen MR) is 68.8 cm³/mol. The molecule has 2 saturated carbocycles. The molecule has 2 aliphatic carbocycles. The van der Waals surface area contributed by atoms with E-state index in [9.17, 15) is 10.1 Å². The molecule has 98 valence electrons. The lowest BCUT2D eigenvalue weighted by Crippen LogP contribution is -2.39. The number of hydrogen-bond donors (Lipinski definition) is 0. The molecule has 1 aromatic rings. The van der Waals surface area contributed by atoms with Gasteiger partial charge in [0.05, 0.1) is 22.7 Å². The lowest BCUT2D eigenvalue weighted by Gasteiger charge is -2.28. The van der Waals surface area contributed by atoms with Crippen molar-refractivity contribution in [1.82, 2.24) is 0 Å². The Morgan fingerprint density at radius 3 is 2.68 bits per heavy atom. The fourth-order valence-corrected chi connectivity index (χ4v) is 3.86. The highest BCUT2D eigenvalue weighted by atomic mass is 16.6. The first-order chi connectivity index (χ1) is 9.24. The molecule has 0 N–H and O–H groups in total.